The summed E-state index contributed by atoms with van der Waals surface area (Å²) >= 11 is 0. The second-order valence-corrected chi connectivity index (χ2v) is 7.94. The van der Waals surface area contributed by atoms with Crippen molar-refractivity contribution in [3.63, 3.8) is 0 Å². The van der Waals surface area contributed by atoms with Crippen LogP contribution in [0.15, 0.2) is 36.4 Å². The molecule has 0 unspecified atom stereocenters. The highest BCUT2D eigenvalue weighted by Crippen LogP contribution is 2.29. The molecule has 1 atom stereocenters. The highest BCUT2D eigenvalue weighted by molar-refractivity contribution is 5.97. The molecule has 0 radical (unpaired) electrons. The predicted molar refractivity (Wildman–Crippen MR) is 109 cm³/mol. The van der Waals surface area contributed by atoms with Gasteiger partial charge in [0, 0.05) is 36.8 Å². The smallest absolute Gasteiger partial charge is 0.335 e. The van der Waals surface area contributed by atoms with E-state index in [0.717, 1.165) is 37.7 Å². The fourth-order valence-electron chi connectivity index (χ4n) is 4.37. The zero-order valence-corrected chi connectivity index (χ0v) is 16.5. The highest BCUT2D eigenvalue weighted by atomic mass is 19.1. The number of aromatic carboxylic acids is 1. The van der Waals surface area contributed by atoms with E-state index in [9.17, 15) is 14.0 Å². The SMILES string of the molecule is C[C@@H]1CCCN1CCN1CCc2cc(-c3ccc(C(=O)O)cc3F)ccc2C1=O. The van der Waals surface area contributed by atoms with Crippen molar-refractivity contribution in [2.75, 3.05) is 26.2 Å². The van der Waals surface area contributed by atoms with E-state index in [-0.39, 0.29) is 11.5 Å². The van der Waals surface area contributed by atoms with E-state index in [0.29, 0.717) is 29.3 Å². The summed E-state index contributed by atoms with van der Waals surface area (Å²) in [6.45, 7) is 5.65. The average molecular weight is 396 g/mol. The molecule has 29 heavy (non-hydrogen) atoms. The first-order valence-corrected chi connectivity index (χ1v) is 10.1. The molecule has 6 heteroatoms. The van der Waals surface area contributed by atoms with Crippen molar-refractivity contribution in [2.45, 2.75) is 32.2 Å². The number of hydrogen-bond donors (Lipinski definition) is 1. The van der Waals surface area contributed by atoms with Gasteiger partial charge in [-0.1, -0.05) is 18.2 Å². The van der Waals surface area contributed by atoms with E-state index < -0.39 is 11.8 Å². The van der Waals surface area contributed by atoms with E-state index in [2.05, 4.69) is 11.8 Å². The number of rotatable bonds is 5. The van der Waals surface area contributed by atoms with Crippen LogP contribution in [0.25, 0.3) is 11.1 Å². The molecule has 0 aliphatic carbocycles. The van der Waals surface area contributed by atoms with Crippen molar-refractivity contribution >= 4 is 11.9 Å². The van der Waals surface area contributed by atoms with E-state index in [1.165, 1.54) is 25.0 Å². The maximum Gasteiger partial charge on any atom is 0.335 e. The van der Waals surface area contributed by atoms with Crippen molar-refractivity contribution in [1.82, 2.24) is 9.80 Å². The molecule has 2 aromatic carbocycles. The Hall–Kier alpha value is -2.73. The van der Waals surface area contributed by atoms with Crippen molar-refractivity contribution in [3.8, 4) is 11.1 Å². The number of hydrogen-bond acceptors (Lipinski definition) is 3. The lowest BCUT2D eigenvalue weighted by Gasteiger charge is -2.31. The van der Waals surface area contributed by atoms with E-state index in [4.69, 9.17) is 5.11 Å². The lowest BCUT2D eigenvalue weighted by Crippen LogP contribution is -2.43. The summed E-state index contributed by atoms with van der Waals surface area (Å²) in [6, 6.07) is 9.85. The highest BCUT2D eigenvalue weighted by Gasteiger charge is 2.27. The Balaban J connectivity index is 1.50. The Morgan fingerprint density at radius 3 is 2.62 bits per heavy atom. The molecule has 1 N–H and O–H groups in total. The Labute approximate surface area is 169 Å². The summed E-state index contributed by atoms with van der Waals surface area (Å²) < 4.78 is 14.4. The number of likely N-dealkylation sites (tertiary alicyclic amines) is 1. The van der Waals surface area contributed by atoms with E-state index >= 15 is 0 Å². The van der Waals surface area contributed by atoms with Crippen LogP contribution >= 0.6 is 0 Å². The number of fused-ring (bicyclic) bond motifs is 1. The summed E-state index contributed by atoms with van der Waals surface area (Å²) in [7, 11) is 0. The van der Waals surface area contributed by atoms with E-state index in [1.54, 1.807) is 12.1 Å². The molecule has 0 aromatic heterocycles. The lowest BCUT2D eigenvalue weighted by molar-refractivity contribution is 0.0693. The van der Waals surface area contributed by atoms with Crippen LogP contribution < -0.4 is 0 Å². The molecule has 152 valence electrons. The number of amides is 1. The van der Waals surface area contributed by atoms with Gasteiger partial charge < -0.3 is 10.0 Å². The van der Waals surface area contributed by atoms with Gasteiger partial charge in [-0.05, 0) is 62.1 Å². The molecule has 2 aliphatic rings. The molecule has 0 spiro atoms. The number of carboxylic acid groups (broad SMARTS) is 1. The molecule has 5 nitrogen and oxygen atoms in total. The van der Waals surface area contributed by atoms with Crippen LogP contribution in [0.4, 0.5) is 4.39 Å². The van der Waals surface area contributed by atoms with Gasteiger partial charge >= 0.3 is 5.97 Å². The van der Waals surface area contributed by atoms with Gasteiger partial charge in [-0.15, -0.1) is 0 Å². The average Bonchev–Trinajstić information content (AvgIpc) is 3.12. The molecular weight excluding hydrogens is 371 g/mol. The molecule has 2 heterocycles. The minimum Gasteiger partial charge on any atom is -0.478 e. The summed E-state index contributed by atoms with van der Waals surface area (Å²) in [5.41, 5.74) is 2.51. The predicted octanol–water partition coefficient (Wildman–Crippen LogP) is 3.67. The van der Waals surface area contributed by atoms with Gasteiger partial charge in [-0.25, -0.2) is 9.18 Å². The molecule has 1 amide bonds. The first-order valence-electron chi connectivity index (χ1n) is 10.1. The van der Waals surface area contributed by atoms with Gasteiger partial charge in [0.15, 0.2) is 0 Å². The summed E-state index contributed by atoms with van der Waals surface area (Å²) in [5, 5.41) is 9.00. The normalized spacial score (nSPS) is 19.4. The van der Waals surface area contributed by atoms with Crippen molar-refractivity contribution in [1.29, 1.82) is 0 Å². The van der Waals surface area contributed by atoms with Crippen LogP contribution in [0.5, 0.6) is 0 Å². The third-order valence-electron chi connectivity index (χ3n) is 6.15. The summed E-state index contributed by atoms with van der Waals surface area (Å²) in [5.74, 6) is -1.70. The molecule has 1 saturated heterocycles. The Bertz CT molecular complexity index is 959. The molecule has 2 aromatic rings. The van der Waals surface area contributed by atoms with Crippen LogP contribution in [0.2, 0.25) is 0 Å². The third kappa shape index (κ3) is 3.90. The van der Waals surface area contributed by atoms with Crippen LogP contribution in [0.3, 0.4) is 0 Å². The molecule has 1 fully saturated rings. The van der Waals surface area contributed by atoms with Crippen LogP contribution in [0.1, 0.15) is 46.0 Å². The fraction of sp³-hybridized carbons (Fsp3) is 0.391. The van der Waals surface area contributed by atoms with Gasteiger partial charge in [0.1, 0.15) is 5.82 Å². The van der Waals surface area contributed by atoms with Gasteiger partial charge in [0.25, 0.3) is 5.91 Å². The minimum absolute atomic E-state index is 0.0337. The maximum absolute atomic E-state index is 14.4. The zero-order chi connectivity index (χ0) is 20.5. The first kappa shape index (κ1) is 19.6. The topological polar surface area (TPSA) is 60.9 Å². The van der Waals surface area contributed by atoms with Crippen molar-refractivity contribution in [2.24, 2.45) is 0 Å². The zero-order valence-electron chi connectivity index (χ0n) is 16.5. The molecule has 4 rings (SSSR count). The lowest BCUT2D eigenvalue weighted by atomic mass is 9.93. The quantitative estimate of drug-likeness (QED) is 0.838. The van der Waals surface area contributed by atoms with Gasteiger partial charge in [-0.3, -0.25) is 9.69 Å². The van der Waals surface area contributed by atoms with Gasteiger partial charge in [0.05, 0.1) is 5.56 Å². The second-order valence-electron chi connectivity index (χ2n) is 7.94. The Morgan fingerprint density at radius 2 is 1.93 bits per heavy atom. The molecule has 0 bridgehead atoms. The van der Waals surface area contributed by atoms with Crippen LogP contribution in [-0.4, -0.2) is 59.0 Å². The van der Waals surface area contributed by atoms with Gasteiger partial charge in [-0.2, -0.15) is 0 Å². The van der Waals surface area contributed by atoms with Crippen molar-refractivity contribution < 1.29 is 19.1 Å². The molecular formula is C23H25FN2O3. The Kier molecular flexibility index (Phi) is 5.37. The molecule has 2 aliphatic heterocycles. The minimum atomic E-state index is -1.16. The third-order valence-corrected chi connectivity index (χ3v) is 6.15. The monoisotopic (exact) mass is 396 g/mol. The standard InChI is InChI=1S/C23H25FN2O3/c1-15-3-2-9-25(15)11-12-26-10-8-17-13-16(4-7-20(17)22(26)27)19-6-5-18(23(28)29)14-21(19)24/h4-7,13-15H,2-3,8-12H2,1H3,(H,28,29)/t15-/m1/s1. The number of carboxylic acids is 1. The number of benzene rings is 2. The van der Waals surface area contributed by atoms with E-state index in [1.807, 2.05) is 11.0 Å². The summed E-state index contributed by atoms with van der Waals surface area (Å²) in [6.07, 6.45) is 3.19. The number of carbonyl (C=O) groups excluding carboxylic acids is 1. The Morgan fingerprint density at radius 1 is 1.14 bits per heavy atom. The first-order chi connectivity index (χ1) is 13.9. The maximum atomic E-state index is 14.4. The van der Waals surface area contributed by atoms with Crippen LogP contribution in [-0.2, 0) is 6.42 Å². The second kappa shape index (κ2) is 7.95. The number of carbonyl (C=O) groups is 2. The largest absolute Gasteiger partial charge is 0.478 e. The van der Waals surface area contributed by atoms with Crippen molar-refractivity contribution in [3.05, 3.63) is 58.9 Å². The van der Waals surface area contributed by atoms with Crippen LogP contribution in [0, 0.1) is 5.82 Å². The molecule has 0 saturated carbocycles. The van der Waals surface area contributed by atoms with Gasteiger partial charge in [0.2, 0.25) is 0 Å². The fourth-order valence-corrected chi connectivity index (χ4v) is 4.37. The number of nitrogens with zero attached hydrogens (tertiary/aromatic N) is 2. The number of halogens is 1. The summed E-state index contributed by atoms with van der Waals surface area (Å²) in [4.78, 5) is 28.3.